The minimum absolute atomic E-state index is 0.0626. The Labute approximate surface area is 177 Å². The molecule has 1 heterocycles. The summed E-state index contributed by atoms with van der Waals surface area (Å²) in [4.78, 5) is 25.1. The zero-order valence-electron chi connectivity index (χ0n) is 16.9. The number of halogens is 2. The van der Waals surface area contributed by atoms with E-state index in [4.69, 9.17) is 0 Å². The van der Waals surface area contributed by atoms with E-state index in [1.165, 1.54) is 24.3 Å². The van der Waals surface area contributed by atoms with Gasteiger partial charge in [-0.15, -0.1) is 0 Å². The molecule has 0 radical (unpaired) electrons. The molecule has 0 unspecified atom stereocenters. The van der Waals surface area contributed by atoms with Crippen LogP contribution in [0.3, 0.4) is 0 Å². The number of hydrogen-bond acceptors (Lipinski definition) is 3. The zero-order chi connectivity index (χ0) is 22.5. The van der Waals surface area contributed by atoms with E-state index in [0.717, 1.165) is 20.8 Å². The first kappa shape index (κ1) is 22.0. The maximum absolute atomic E-state index is 13.1. The third-order valence-corrected chi connectivity index (χ3v) is 5.04. The predicted octanol–water partition coefficient (Wildman–Crippen LogP) is 4.20. The van der Waals surface area contributed by atoms with E-state index in [1.807, 2.05) is 0 Å². The molecule has 0 saturated heterocycles. The normalized spacial score (nSPS) is 10.8. The molecule has 0 bridgehead atoms. The van der Waals surface area contributed by atoms with Crippen molar-refractivity contribution >= 4 is 11.1 Å². The number of rotatable bonds is 8. The van der Waals surface area contributed by atoms with Crippen molar-refractivity contribution in [2.75, 3.05) is 0 Å². The summed E-state index contributed by atoms with van der Waals surface area (Å²) in [6.45, 7) is 8.04. The first-order chi connectivity index (χ1) is 14.8. The summed E-state index contributed by atoms with van der Waals surface area (Å²) in [6.07, 6.45) is 0.618. The fraction of sp³-hybridized carbons (Fsp3) is 0.167. The highest BCUT2D eigenvalue weighted by Gasteiger charge is 2.12. The third kappa shape index (κ3) is 5.25. The Kier molecular flexibility index (Phi) is 6.65. The minimum atomic E-state index is -0.649. The number of aromatic nitrogens is 2. The monoisotopic (exact) mass is 424 g/mol. The standard InChI is InChI=1S/C24H22F2N2O3/c1-16(18-3-7-20(25)8-4-18)11-13-27-22(29)15-23(30)28(24(27)31)14-12-17(2)19-5-9-21(26)10-6-19/h3-10,15,29H,1-2,11-14H2. The molecule has 0 aliphatic heterocycles. The summed E-state index contributed by atoms with van der Waals surface area (Å²) in [5.74, 6) is -1.16. The molecule has 0 spiro atoms. The predicted molar refractivity (Wildman–Crippen MR) is 117 cm³/mol. The first-order valence-corrected chi connectivity index (χ1v) is 9.67. The van der Waals surface area contributed by atoms with Crippen LogP contribution in [0.4, 0.5) is 8.78 Å². The van der Waals surface area contributed by atoms with E-state index >= 15 is 0 Å². The van der Waals surface area contributed by atoms with E-state index in [2.05, 4.69) is 13.2 Å². The molecule has 0 aliphatic carbocycles. The molecule has 3 rings (SSSR count). The molecule has 0 atom stereocenters. The maximum atomic E-state index is 13.1. The molecular weight excluding hydrogens is 402 g/mol. The summed E-state index contributed by atoms with van der Waals surface area (Å²) < 4.78 is 28.3. The van der Waals surface area contributed by atoms with Crippen LogP contribution in [0.1, 0.15) is 24.0 Å². The molecule has 7 heteroatoms. The molecule has 5 nitrogen and oxygen atoms in total. The van der Waals surface area contributed by atoms with Gasteiger partial charge < -0.3 is 5.11 Å². The summed E-state index contributed by atoms with van der Waals surface area (Å²) in [5.41, 5.74) is 1.47. The summed E-state index contributed by atoms with van der Waals surface area (Å²) in [7, 11) is 0. The Morgan fingerprint density at radius 3 is 1.65 bits per heavy atom. The number of allylic oxidation sites excluding steroid dienone is 2. The Morgan fingerprint density at radius 1 is 0.774 bits per heavy atom. The van der Waals surface area contributed by atoms with E-state index in [-0.39, 0.29) is 24.7 Å². The molecule has 2 aromatic carbocycles. The number of nitrogens with zero attached hydrogens (tertiary/aromatic N) is 2. The first-order valence-electron chi connectivity index (χ1n) is 9.67. The van der Waals surface area contributed by atoms with Gasteiger partial charge in [0.2, 0.25) is 5.88 Å². The topological polar surface area (TPSA) is 64.2 Å². The highest BCUT2D eigenvalue weighted by Crippen LogP contribution is 2.19. The molecular formula is C24H22F2N2O3. The van der Waals surface area contributed by atoms with Gasteiger partial charge in [-0.25, -0.2) is 13.6 Å². The van der Waals surface area contributed by atoms with Crippen molar-refractivity contribution in [2.45, 2.75) is 25.9 Å². The average molecular weight is 424 g/mol. The average Bonchev–Trinajstić information content (AvgIpc) is 2.74. The molecule has 1 N–H and O–H groups in total. The summed E-state index contributed by atoms with van der Waals surface area (Å²) >= 11 is 0. The van der Waals surface area contributed by atoms with Crippen molar-refractivity contribution in [3.8, 4) is 5.88 Å². The van der Waals surface area contributed by atoms with Gasteiger partial charge in [-0.05, 0) is 59.4 Å². The van der Waals surface area contributed by atoms with Gasteiger partial charge in [0.15, 0.2) is 0 Å². The Hall–Kier alpha value is -3.74. The van der Waals surface area contributed by atoms with Gasteiger partial charge in [-0.1, -0.05) is 37.4 Å². The van der Waals surface area contributed by atoms with Crippen molar-refractivity contribution < 1.29 is 13.9 Å². The van der Waals surface area contributed by atoms with Gasteiger partial charge in [0, 0.05) is 13.1 Å². The van der Waals surface area contributed by atoms with E-state index < -0.39 is 17.1 Å². The van der Waals surface area contributed by atoms with Crippen LogP contribution in [0.5, 0.6) is 5.88 Å². The Balaban J connectivity index is 1.74. The van der Waals surface area contributed by atoms with Gasteiger partial charge in [0.1, 0.15) is 11.6 Å². The van der Waals surface area contributed by atoms with Crippen LogP contribution >= 0.6 is 0 Å². The second-order valence-electron chi connectivity index (χ2n) is 7.15. The maximum Gasteiger partial charge on any atom is 0.333 e. The number of benzene rings is 2. The lowest BCUT2D eigenvalue weighted by Crippen LogP contribution is -2.39. The van der Waals surface area contributed by atoms with Crippen LogP contribution in [0.25, 0.3) is 11.1 Å². The quantitative estimate of drug-likeness (QED) is 0.590. The summed E-state index contributed by atoms with van der Waals surface area (Å²) in [6, 6.07) is 12.6. The highest BCUT2D eigenvalue weighted by molar-refractivity contribution is 5.63. The molecule has 0 amide bonds. The van der Waals surface area contributed by atoms with Crippen LogP contribution in [-0.2, 0) is 13.1 Å². The lowest BCUT2D eigenvalue weighted by Gasteiger charge is -2.14. The van der Waals surface area contributed by atoms with Crippen LogP contribution < -0.4 is 11.2 Å². The lowest BCUT2D eigenvalue weighted by molar-refractivity contribution is 0.390. The van der Waals surface area contributed by atoms with E-state index in [9.17, 15) is 23.5 Å². The van der Waals surface area contributed by atoms with Crippen molar-refractivity contribution in [1.29, 1.82) is 0 Å². The van der Waals surface area contributed by atoms with Crippen molar-refractivity contribution in [3.05, 3.63) is 111 Å². The summed E-state index contributed by atoms with van der Waals surface area (Å²) in [5, 5.41) is 10.1. The van der Waals surface area contributed by atoms with Crippen LogP contribution in [0.2, 0.25) is 0 Å². The van der Waals surface area contributed by atoms with Crippen LogP contribution in [0.15, 0.2) is 77.3 Å². The molecule has 31 heavy (non-hydrogen) atoms. The van der Waals surface area contributed by atoms with Crippen molar-refractivity contribution in [2.24, 2.45) is 0 Å². The molecule has 160 valence electrons. The van der Waals surface area contributed by atoms with Crippen molar-refractivity contribution in [1.82, 2.24) is 9.13 Å². The smallest absolute Gasteiger partial charge is 0.333 e. The SMILES string of the molecule is C=C(CCn1c(O)cc(=O)n(CCC(=C)c2ccc(F)cc2)c1=O)c1ccc(F)cc1. The lowest BCUT2D eigenvalue weighted by atomic mass is 10.0. The fourth-order valence-electron chi connectivity index (χ4n) is 3.17. The molecule has 3 aromatic rings. The molecule has 0 saturated carbocycles. The second kappa shape index (κ2) is 9.38. The third-order valence-electron chi connectivity index (χ3n) is 5.04. The Bertz CT molecular complexity index is 1220. The molecule has 0 aliphatic rings. The zero-order valence-corrected chi connectivity index (χ0v) is 16.9. The second-order valence-corrected chi connectivity index (χ2v) is 7.15. The van der Waals surface area contributed by atoms with Gasteiger partial charge in [0.25, 0.3) is 5.56 Å². The molecule has 1 aromatic heterocycles. The minimum Gasteiger partial charge on any atom is -0.494 e. The Morgan fingerprint density at radius 2 is 1.19 bits per heavy atom. The van der Waals surface area contributed by atoms with E-state index in [1.54, 1.807) is 24.3 Å². The van der Waals surface area contributed by atoms with Gasteiger partial charge >= 0.3 is 5.69 Å². The highest BCUT2D eigenvalue weighted by atomic mass is 19.1. The van der Waals surface area contributed by atoms with Crippen LogP contribution in [-0.4, -0.2) is 14.2 Å². The van der Waals surface area contributed by atoms with E-state index in [0.29, 0.717) is 29.6 Å². The van der Waals surface area contributed by atoms with Crippen molar-refractivity contribution in [3.63, 3.8) is 0 Å². The number of aromatic hydroxyl groups is 1. The number of hydrogen-bond donors (Lipinski definition) is 1. The largest absolute Gasteiger partial charge is 0.494 e. The fourth-order valence-corrected chi connectivity index (χ4v) is 3.17. The van der Waals surface area contributed by atoms with Gasteiger partial charge in [0.05, 0.1) is 6.07 Å². The van der Waals surface area contributed by atoms with Gasteiger partial charge in [-0.3, -0.25) is 13.9 Å². The van der Waals surface area contributed by atoms with Gasteiger partial charge in [-0.2, -0.15) is 0 Å². The van der Waals surface area contributed by atoms with Crippen LogP contribution in [0, 0.1) is 11.6 Å². The molecule has 0 fully saturated rings.